The minimum atomic E-state index is -3.77. The lowest BCUT2D eigenvalue weighted by Gasteiger charge is -2.28. The number of benzene rings is 1. The van der Waals surface area contributed by atoms with Crippen molar-refractivity contribution in [2.45, 2.75) is 25.7 Å². The Labute approximate surface area is 169 Å². The minimum Gasteiger partial charge on any atom is -0.484 e. The van der Waals surface area contributed by atoms with Crippen LogP contribution in [0.25, 0.3) is 0 Å². The van der Waals surface area contributed by atoms with Gasteiger partial charge in [-0.25, -0.2) is 17.8 Å². The molecule has 9 heteroatoms. The Morgan fingerprint density at radius 1 is 1.31 bits per heavy atom. The molecule has 2 heterocycles. The lowest BCUT2D eigenvalue weighted by atomic mass is 10.2. The summed E-state index contributed by atoms with van der Waals surface area (Å²) < 4.78 is 45.4. The Kier molecular flexibility index (Phi) is 6.29. The van der Waals surface area contributed by atoms with E-state index in [1.807, 2.05) is 0 Å². The molecule has 1 aromatic carbocycles. The van der Waals surface area contributed by atoms with Crippen molar-refractivity contribution in [3.05, 3.63) is 64.6 Å². The van der Waals surface area contributed by atoms with Crippen LogP contribution < -0.4 is 15.4 Å². The van der Waals surface area contributed by atoms with E-state index in [1.54, 1.807) is 37.3 Å². The van der Waals surface area contributed by atoms with E-state index >= 15 is 0 Å². The van der Waals surface area contributed by atoms with Gasteiger partial charge in [-0.2, -0.15) is 0 Å². The van der Waals surface area contributed by atoms with E-state index < -0.39 is 15.7 Å². The molecular formula is C20H23FN4O3S. The molecule has 7 nitrogen and oxygen atoms in total. The van der Waals surface area contributed by atoms with Crippen LogP contribution in [0.3, 0.4) is 0 Å². The van der Waals surface area contributed by atoms with Crippen molar-refractivity contribution in [3.63, 3.8) is 0 Å². The largest absolute Gasteiger partial charge is 0.484 e. The average Bonchev–Trinajstić information content (AvgIpc) is 2.60. The highest BCUT2D eigenvalue weighted by atomic mass is 32.2. The lowest BCUT2D eigenvalue weighted by molar-refractivity contribution is 0.136. The molecule has 1 aliphatic rings. The standard InChI is InChI=1S/C20H23FN4O3S/c1-13(22)20(29(26,27)12-15-6-4-3-5-7-15)14(2)25-19-8-18(17(21)11-24-19)28-16-9-23-10-16/h3-8,11,16,22-23H,9-10,12H2,1-2H3,(H,24,25)/b20-14+,22-13?. The van der Waals surface area contributed by atoms with Crippen LogP contribution in [0.15, 0.2) is 53.2 Å². The average molecular weight is 418 g/mol. The normalized spacial score (nSPS) is 15.3. The van der Waals surface area contributed by atoms with E-state index in [9.17, 15) is 12.8 Å². The molecular weight excluding hydrogens is 395 g/mol. The number of nitrogens with one attached hydrogen (secondary N) is 3. The van der Waals surface area contributed by atoms with Gasteiger partial charge in [-0.15, -0.1) is 0 Å². The molecule has 1 fully saturated rings. The minimum absolute atomic E-state index is 0.0436. The molecule has 0 amide bonds. The number of ether oxygens (including phenoxy) is 1. The van der Waals surface area contributed by atoms with E-state index in [0.717, 1.165) is 6.20 Å². The molecule has 0 radical (unpaired) electrons. The van der Waals surface area contributed by atoms with Crippen molar-refractivity contribution in [3.8, 4) is 5.75 Å². The van der Waals surface area contributed by atoms with Crippen molar-refractivity contribution in [2.75, 3.05) is 18.4 Å². The number of aromatic nitrogens is 1. The van der Waals surface area contributed by atoms with Crippen molar-refractivity contribution in [2.24, 2.45) is 0 Å². The van der Waals surface area contributed by atoms with Gasteiger partial charge < -0.3 is 20.8 Å². The molecule has 0 aliphatic carbocycles. The summed E-state index contributed by atoms with van der Waals surface area (Å²) in [6, 6.07) is 10.2. The molecule has 3 N–H and O–H groups in total. The van der Waals surface area contributed by atoms with Gasteiger partial charge in [-0.1, -0.05) is 30.3 Å². The SMILES string of the molecule is CC(=N)/C(=C(/C)Nc1cc(OC2CNC2)c(F)cn1)S(=O)(=O)Cc1ccccc1. The Morgan fingerprint density at radius 2 is 2.00 bits per heavy atom. The summed E-state index contributed by atoms with van der Waals surface area (Å²) in [5.41, 5.74) is 0.776. The summed E-state index contributed by atoms with van der Waals surface area (Å²) in [5.74, 6) is -0.538. The first kappa shape index (κ1) is 20.9. The van der Waals surface area contributed by atoms with Crippen LogP contribution in [0.5, 0.6) is 5.75 Å². The van der Waals surface area contributed by atoms with Crippen LogP contribution in [0.2, 0.25) is 0 Å². The van der Waals surface area contributed by atoms with Gasteiger partial charge in [0, 0.05) is 30.6 Å². The Hall–Kier alpha value is -2.78. The predicted molar refractivity (Wildman–Crippen MR) is 110 cm³/mol. The van der Waals surface area contributed by atoms with E-state index in [-0.39, 0.29) is 39.7 Å². The maximum Gasteiger partial charge on any atom is 0.185 e. The summed E-state index contributed by atoms with van der Waals surface area (Å²) >= 11 is 0. The van der Waals surface area contributed by atoms with Gasteiger partial charge in [0.25, 0.3) is 0 Å². The molecule has 0 unspecified atom stereocenters. The topological polar surface area (TPSA) is 104 Å². The van der Waals surface area contributed by atoms with E-state index in [0.29, 0.717) is 18.7 Å². The molecule has 2 aromatic rings. The van der Waals surface area contributed by atoms with Gasteiger partial charge in [0.2, 0.25) is 0 Å². The summed E-state index contributed by atoms with van der Waals surface area (Å²) in [7, 11) is -3.77. The van der Waals surface area contributed by atoms with Gasteiger partial charge in [0.05, 0.1) is 11.9 Å². The van der Waals surface area contributed by atoms with Gasteiger partial charge in [-0.05, 0) is 19.4 Å². The van der Waals surface area contributed by atoms with Crippen LogP contribution in [0.1, 0.15) is 19.4 Å². The number of hydrogen-bond acceptors (Lipinski definition) is 7. The molecule has 0 bridgehead atoms. The third-order valence-electron chi connectivity index (χ3n) is 4.37. The fourth-order valence-electron chi connectivity index (χ4n) is 2.97. The second-order valence-corrected chi connectivity index (χ2v) is 8.77. The highest BCUT2D eigenvalue weighted by molar-refractivity contribution is 7.95. The second-order valence-electron chi connectivity index (χ2n) is 6.85. The highest BCUT2D eigenvalue weighted by Gasteiger charge is 2.24. The van der Waals surface area contributed by atoms with Crippen molar-refractivity contribution in [1.82, 2.24) is 10.3 Å². The first-order chi connectivity index (χ1) is 13.8. The number of sulfone groups is 1. The molecule has 1 aliphatic heterocycles. The third-order valence-corrected chi connectivity index (χ3v) is 6.31. The molecule has 0 saturated carbocycles. The maximum absolute atomic E-state index is 14.0. The zero-order chi connectivity index (χ0) is 21.0. The molecule has 154 valence electrons. The molecule has 0 spiro atoms. The van der Waals surface area contributed by atoms with Crippen LogP contribution >= 0.6 is 0 Å². The smallest absolute Gasteiger partial charge is 0.185 e. The van der Waals surface area contributed by atoms with E-state index in [4.69, 9.17) is 10.1 Å². The Morgan fingerprint density at radius 3 is 2.59 bits per heavy atom. The van der Waals surface area contributed by atoms with Crippen LogP contribution in [-0.4, -0.2) is 38.3 Å². The van der Waals surface area contributed by atoms with Crippen LogP contribution in [0, 0.1) is 11.2 Å². The monoisotopic (exact) mass is 418 g/mol. The van der Waals surface area contributed by atoms with E-state index in [1.165, 1.54) is 13.0 Å². The fraction of sp³-hybridized carbons (Fsp3) is 0.300. The number of hydrogen-bond donors (Lipinski definition) is 3. The zero-order valence-corrected chi connectivity index (χ0v) is 17.0. The highest BCUT2D eigenvalue weighted by Crippen LogP contribution is 2.25. The van der Waals surface area contributed by atoms with Gasteiger partial charge >= 0.3 is 0 Å². The summed E-state index contributed by atoms with van der Waals surface area (Å²) in [6.45, 7) is 4.24. The van der Waals surface area contributed by atoms with Gasteiger partial charge in [0.1, 0.15) is 16.8 Å². The molecule has 1 aromatic heterocycles. The van der Waals surface area contributed by atoms with Gasteiger partial charge in [-0.3, -0.25) is 0 Å². The molecule has 29 heavy (non-hydrogen) atoms. The number of pyridine rings is 1. The van der Waals surface area contributed by atoms with Crippen molar-refractivity contribution >= 4 is 21.4 Å². The zero-order valence-electron chi connectivity index (χ0n) is 16.2. The van der Waals surface area contributed by atoms with Crippen molar-refractivity contribution < 1.29 is 17.5 Å². The second kappa shape index (κ2) is 8.71. The van der Waals surface area contributed by atoms with Gasteiger partial charge in [0.15, 0.2) is 21.4 Å². The number of anilines is 1. The summed E-state index contributed by atoms with van der Waals surface area (Å²) in [5, 5.41) is 13.9. The third kappa shape index (κ3) is 5.18. The summed E-state index contributed by atoms with van der Waals surface area (Å²) in [6.07, 6.45) is 0.911. The Balaban J connectivity index is 1.86. The summed E-state index contributed by atoms with van der Waals surface area (Å²) in [4.78, 5) is 3.84. The predicted octanol–water partition coefficient (Wildman–Crippen LogP) is 2.87. The fourth-order valence-corrected chi connectivity index (χ4v) is 4.73. The van der Waals surface area contributed by atoms with Crippen molar-refractivity contribution in [1.29, 1.82) is 5.41 Å². The number of allylic oxidation sites excluding steroid dienone is 2. The molecule has 3 rings (SSSR count). The Bertz CT molecular complexity index is 1030. The molecule has 0 atom stereocenters. The lowest BCUT2D eigenvalue weighted by Crippen LogP contribution is -2.50. The number of nitrogens with zero attached hydrogens (tertiary/aromatic N) is 1. The quantitative estimate of drug-likeness (QED) is 0.570. The van der Waals surface area contributed by atoms with Crippen LogP contribution in [0.4, 0.5) is 10.2 Å². The maximum atomic E-state index is 14.0. The number of rotatable bonds is 8. The number of halogens is 1. The van der Waals surface area contributed by atoms with Crippen LogP contribution in [-0.2, 0) is 15.6 Å². The first-order valence-electron chi connectivity index (χ1n) is 9.09. The molecule has 1 saturated heterocycles. The first-order valence-corrected chi connectivity index (χ1v) is 10.7. The van der Waals surface area contributed by atoms with E-state index in [2.05, 4.69) is 15.6 Å².